The zero-order chi connectivity index (χ0) is 13.1. The molecule has 19 heavy (non-hydrogen) atoms. The van der Waals surface area contributed by atoms with Gasteiger partial charge in [0.1, 0.15) is 0 Å². The first-order chi connectivity index (χ1) is 8.60. The highest BCUT2D eigenvalue weighted by atomic mass is 35.5. The quantitative estimate of drug-likeness (QED) is 0.878. The van der Waals surface area contributed by atoms with Crippen LogP contribution < -0.4 is 5.32 Å². The van der Waals surface area contributed by atoms with Crippen molar-refractivity contribution in [3.05, 3.63) is 47.5 Å². The molecule has 1 N–H and O–H groups in total. The molecule has 0 aliphatic carbocycles. The fourth-order valence-corrected chi connectivity index (χ4v) is 1.61. The third-order valence-electron chi connectivity index (χ3n) is 2.60. The SMILES string of the molecule is CNc1cnn(CCc2cc(F)c(F)c(F)c2)c1.Cl. The predicted molar refractivity (Wildman–Crippen MR) is 69.0 cm³/mol. The number of aromatic nitrogens is 2. The van der Waals surface area contributed by atoms with Gasteiger partial charge in [-0.2, -0.15) is 5.10 Å². The lowest BCUT2D eigenvalue weighted by Gasteiger charge is -2.04. The van der Waals surface area contributed by atoms with Crippen LogP contribution in [0.25, 0.3) is 0 Å². The van der Waals surface area contributed by atoms with Crippen molar-refractivity contribution < 1.29 is 13.2 Å². The Morgan fingerprint density at radius 2 is 1.84 bits per heavy atom. The van der Waals surface area contributed by atoms with Crippen molar-refractivity contribution in [2.24, 2.45) is 0 Å². The highest BCUT2D eigenvalue weighted by Gasteiger charge is 2.10. The van der Waals surface area contributed by atoms with Gasteiger partial charge >= 0.3 is 0 Å². The molecule has 0 atom stereocenters. The van der Waals surface area contributed by atoms with Crippen LogP contribution in [0.2, 0.25) is 0 Å². The summed E-state index contributed by atoms with van der Waals surface area (Å²) in [5.41, 5.74) is 1.25. The average molecular weight is 292 g/mol. The highest BCUT2D eigenvalue weighted by molar-refractivity contribution is 5.85. The lowest BCUT2D eigenvalue weighted by molar-refractivity contribution is 0.444. The number of nitrogens with zero attached hydrogens (tertiary/aromatic N) is 2. The molecular weight excluding hydrogens is 279 g/mol. The van der Waals surface area contributed by atoms with Gasteiger partial charge in [-0.15, -0.1) is 12.4 Å². The molecule has 1 aromatic heterocycles. The molecule has 0 aliphatic heterocycles. The van der Waals surface area contributed by atoms with E-state index in [1.54, 1.807) is 24.1 Å². The van der Waals surface area contributed by atoms with Crippen molar-refractivity contribution in [1.82, 2.24) is 9.78 Å². The Kier molecular flexibility index (Phi) is 5.23. The van der Waals surface area contributed by atoms with Gasteiger partial charge in [0.2, 0.25) is 0 Å². The second-order valence-corrected chi connectivity index (χ2v) is 3.87. The van der Waals surface area contributed by atoms with Gasteiger partial charge in [0.05, 0.1) is 11.9 Å². The molecule has 3 nitrogen and oxygen atoms in total. The minimum absolute atomic E-state index is 0. The molecule has 0 radical (unpaired) electrons. The van der Waals surface area contributed by atoms with Gasteiger partial charge in [-0.05, 0) is 24.1 Å². The number of anilines is 1. The molecule has 0 aliphatic rings. The van der Waals surface area contributed by atoms with Crippen molar-refractivity contribution in [1.29, 1.82) is 0 Å². The number of nitrogens with one attached hydrogen (secondary N) is 1. The molecule has 104 valence electrons. The monoisotopic (exact) mass is 291 g/mol. The number of benzene rings is 1. The van der Waals surface area contributed by atoms with Crippen LogP contribution in [0.1, 0.15) is 5.56 Å². The Morgan fingerprint density at radius 3 is 2.37 bits per heavy atom. The summed E-state index contributed by atoms with van der Waals surface area (Å²) in [5, 5.41) is 6.98. The fourth-order valence-electron chi connectivity index (χ4n) is 1.61. The van der Waals surface area contributed by atoms with Crippen molar-refractivity contribution >= 4 is 18.1 Å². The molecule has 7 heteroatoms. The van der Waals surface area contributed by atoms with Crippen LogP contribution in [0.4, 0.5) is 18.9 Å². The zero-order valence-corrected chi connectivity index (χ0v) is 11.0. The van der Waals surface area contributed by atoms with E-state index < -0.39 is 17.5 Å². The molecule has 2 rings (SSSR count). The molecular formula is C12H13ClF3N3. The van der Waals surface area contributed by atoms with E-state index in [0.717, 1.165) is 17.8 Å². The summed E-state index contributed by atoms with van der Waals surface area (Å²) in [6, 6.07) is 2.00. The van der Waals surface area contributed by atoms with Gasteiger partial charge < -0.3 is 5.32 Å². The van der Waals surface area contributed by atoms with Gasteiger partial charge in [0, 0.05) is 19.8 Å². The molecule has 1 heterocycles. The molecule has 1 aromatic carbocycles. The molecule has 0 amide bonds. The first kappa shape index (κ1) is 15.4. The van der Waals surface area contributed by atoms with Gasteiger partial charge in [-0.1, -0.05) is 0 Å². The van der Waals surface area contributed by atoms with E-state index in [-0.39, 0.29) is 12.4 Å². The van der Waals surface area contributed by atoms with Crippen LogP contribution >= 0.6 is 12.4 Å². The summed E-state index contributed by atoms with van der Waals surface area (Å²) < 4.78 is 40.3. The second kappa shape index (κ2) is 6.47. The smallest absolute Gasteiger partial charge is 0.194 e. The Morgan fingerprint density at radius 1 is 1.21 bits per heavy atom. The summed E-state index contributed by atoms with van der Waals surface area (Å²) >= 11 is 0. The van der Waals surface area contributed by atoms with Crippen LogP contribution in [0.3, 0.4) is 0 Å². The largest absolute Gasteiger partial charge is 0.386 e. The molecule has 2 aromatic rings. The van der Waals surface area contributed by atoms with Crippen molar-refractivity contribution in [3.8, 4) is 0 Å². The standard InChI is InChI=1S/C12H12F3N3.ClH/c1-16-9-6-17-18(7-9)3-2-8-4-10(13)12(15)11(14)5-8;/h4-7,16H,2-3H2,1H3;1H. The Bertz CT molecular complexity index is 534. The number of aryl methyl sites for hydroxylation is 2. The number of hydrogen-bond acceptors (Lipinski definition) is 2. The lowest BCUT2D eigenvalue weighted by Crippen LogP contribution is -2.03. The topological polar surface area (TPSA) is 29.9 Å². The van der Waals surface area contributed by atoms with Crippen molar-refractivity contribution in [2.75, 3.05) is 12.4 Å². The van der Waals surface area contributed by atoms with Gasteiger partial charge in [0.15, 0.2) is 17.5 Å². The summed E-state index contributed by atoms with van der Waals surface area (Å²) in [6.45, 7) is 0.464. The van der Waals surface area contributed by atoms with Crippen LogP contribution in [0.15, 0.2) is 24.5 Å². The fraction of sp³-hybridized carbons (Fsp3) is 0.250. The maximum absolute atomic E-state index is 13.0. The van der Waals surface area contributed by atoms with Crippen LogP contribution in [0, 0.1) is 17.5 Å². The maximum atomic E-state index is 13.0. The number of hydrogen-bond donors (Lipinski definition) is 1. The maximum Gasteiger partial charge on any atom is 0.194 e. The van der Waals surface area contributed by atoms with E-state index in [0.29, 0.717) is 18.5 Å². The van der Waals surface area contributed by atoms with Crippen LogP contribution in [-0.2, 0) is 13.0 Å². The zero-order valence-electron chi connectivity index (χ0n) is 10.2. The molecule has 0 spiro atoms. The molecule has 0 bridgehead atoms. The first-order valence-electron chi connectivity index (χ1n) is 5.44. The van der Waals surface area contributed by atoms with E-state index in [4.69, 9.17) is 0 Å². The molecule has 0 saturated heterocycles. The third kappa shape index (κ3) is 3.64. The Hall–Kier alpha value is -1.69. The minimum atomic E-state index is -1.43. The normalized spacial score (nSPS) is 10.1. The van der Waals surface area contributed by atoms with Crippen LogP contribution in [0.5, 0.6) is 0 Å². The summed E-state index contributed by atoms with van der Waals surface area (Å²) in [5.74, 6) is -3.77. The summed E-state index contributed by atoms with van der Waals surface area (Å²) in [7, 11) is 1.77. The minimum Gasteiger partial charge on any atom is -0.386 e. The van der Waals surface area contributed by atoms with Gasteiger partial charge in [-0.25, -0.2) is 13.2 Å². The van der Waals surface area contributed by atoms with E-state index in [1.165, 1.54) is 0 Å². The predicted octanol–water partition coefficient (Wildman–Crippen LogP) is 3.01. The van der Waals surface area contributed by atoms with E-state index in [1.807, 2.05) is 0 Å². The lowest BCUT2D eigenvalue weighted by atomic mass is 10.1. The number of halogens is 4. The molecule has 0 unspecified atom stereocenters. The second-order valence-electron chi connectivity index (χ2n) is 3.87. The van der Waals surface area contributed by atoms with Crippen molar-refractivity contribution in [2.45, 2.75) is 13.0 Å². The number of rotatable bonds is 4. The summed E-state index contributed by atoms with van der Waals surface area (Å²) in [6.07, 6.45) is 3.79. The average Bonchev–Trinajstić information content (AvgIpc) is 2.81. The van der Waals surface area contributed by atoms with E-state index >= 15 is 0 Å². The van der Waals surface area contributed by atoms with Gasteiger partial charge in [-0.3, -0.25) is 4.68 Å². The Labute approximate surface area is 114 Å². The van der Waals surface area contributed by atoms with Crippen molar-refractivity contribution in [3.63, 3.8) is 0 Å². The summed E-state index contributed by atoms with van der Waals surface area (Å²) in [4.78, 5) is 0. The van der Waals surface area contributed by atoms with E-state index in [2.05, 4.69) is 10.4 Å². The first-order valence-corrected chi connectivity index (χ1v) is 5.44. The molecule has 0 saturated carbocycles. The van der Waals surface area contributed by atoms with Crippen LogP contribution in [-0.4, -0.2) is 16.8 Å². The van der Waals surface area contributed by atoms with Gasteiger partial charge in [0.25, 0.3) is 0 Å². The Balaban J connectivity index is 0.00000180. The highest BCUT2D eigenvalue weighted by Crippen LogP contribution is 2.14. The third-order valence-corrected chi connectivity index (χ3v) is 2.60. The van der Waals surface area contributed by atoms with E-state index in [9.17, 15) is 13.2 Å². The molecule has 0 fully saturated rings.